The second kappa shape index (κ2) is 8.55. The van der Waals surface area contributed by atoms with E-state index in [0.717, 1.165) is 5.56 Å². The Bertz CT molecular complexity index is 645. The van der Waals surface area contributed by atoms with Crippen molar-refractivity contribution in [3.05, 3.63) is 37.0 Å². The van der Waals surface area contributed by atoms with Gasteiger partial charge in [-0.05, 0) is 28.1 Å². The lowest BCUT2D eigenvalue weighted by Gasteiger charge is -2.05. The molecule has 2 aromatic rings. The molecule has 1 heterocycles. The number of hydrazone groups is 1. The van der Waals surface area contributed by atoms with Crippen molar-refractivity contribution in [2.45, 2.75) is 13.8 Å². The van der Waals surface area contributed by atoms with E-state index >= 15 is 0 Å². The molecule has 0 bridgehead atoms. The van der Waals surface area contributed by atoms with Crippen molar-refractivity contribution in [1.29, 1.82) is 0 Å². The second-order valence-electron chi connectivity index (χ2n) is 3.40. The van der Waals surface area contributed by atoms with Crippen LogP contribution in [0.4, 0.5) is 0 Å². The van der Waals surface area contributed by atoms with Gasteiger partial charge in [0.25, 0.3) is 0 Å². The minimum Gasteiger partial charge on any atom is -0.321 e. The number of aromatic nitrogens is 1. The number of benzene rings is 1. The van der Waals surface area contributed by atoms with Crippen LogP contribution >= 0.6 is 50.5 Å². The number of nitrogens with one attached hydrogen (secondary N) is 1. The molecule has 0 saturated heterocycles. The van der Waals surface area contributed by atoms with Gasteiger partial charge in [0.15, 0.2) is 9.75 Å². The molecule has 5 N–H and O–H groups in total. The quantitative estimate of drug-likeness (QED) is 0.302. The van der Waals surface area contributed by atoms with E-state index in [0.29, 0.717) is 30.4 Å². The summed E-state index contributed by atoms with van der Waals surface area (Å²) in [6.45, 7) is 4.00. The van der Waals surface area contributed by atoms with Gasteiger partial charge in [-0.1, -0.05) is 43.1 Å². The van der Waals surface area contributed by atoms with Gasteiger partial charge in [0.2, 0.25) is 0 Å². The zero-order chi connectivity index (χ0) is 16.0. The SMILES string of the molecule is CC.N/N=C(\NN)c1sc(Br)nc1-c1ccc(Cl)c(Cl)c1. The first kappa shape index (κ1) is 18.2. The molecule has 0 radical (unpaired) electrons. The van der Waals surface area contributed by atoms with Crippen LogP contribution in [-0.2, 0) is 0 Å². The van der Waals surface area contributed by atoms with Crippen molar-refractivity contribution in [2.24, 2.45) is 16.8 Å². The highest BCUT2D eigenvalue weighted by Crippen LogP contribution is 2.34. The third-order valence-corrected chi connectivity index (χ3v) is 4.53. The second-order valence-corrected chi connectivity index (χ2v) is 6.48. The van der Waals surface area contributed by atoms with Crippen molar-refractivity contribution < 1.29 is 0 Å². The van der Waals surface area contributed by atoms with E-state index in [9.17, 15) is 0 Å². The third-order valence-electron chi connectivity index (χ3n) is 2.27. The smallest absolute Gasteiger partial charge is 0.179 e. The highest BCUT2D eigenvalue weighted by molar-refractivity contribution is 9.11. The number of hydrogen-bond donors (Lipinski definition) is 3. The number of hydrazine groups is 1. The summed E-state index contributed by atoms with van der Waals surface area (Å²) >= 11 is 16.6. The molecule has 0 fully saturated rings. The average Bonchev–Trinajstić information content (AvgIpc) is 2.87. The molecule has 1 aromatic heterocycles. The molecule has 5 nitrogen and oxygen atoms in total. The Balaban J connectivity index is 0.00000106. The van der Waals surface area contributed by atoms with E-state index < -0.39 is 0 Å². The van der Waals surface area contributed by atoms with Crippen molar-refractivity contribution >= 4 is 56.3 Å². The Morgan fingerprint density at radius 3 is 2.52 bits per heavy atom. The van der Waals surface area contributed by atoms with Gasteiger partial charge >= 0.3 is 0 Å². The number of hydrogen-bond acceptors (Lipinski definition) is 5. The normalized spacial score (nSPS) is 10.9. The summed E-state index contributed by atoms with van der Waals surface area (Å²) < 4.78 is 0.681. The molecule has 0 aliphatic carbocycles. The van der Waals surface area contributed by atoms with Crippen molar-refractivity contribution in [3.8, 4) is 11.3 Å². The molecule has 2 rings (SSSR count). The standard InChI is InChI=1S/C10H8BrCl2N5S.C2H6/c11-10-16-7(8(19-10)9(17-14)18-15)4-1-2-5(12)6(13)3-4;1-2/h1-3H,14-15H2,(H,17,18);1-2H3. The van der Waals surface area contributed by atoms with E-state index in [1.54, 1.807) is 12.1 Å². The van der Waals surface area contributed by atoms with Crippen LogP contribution in [-0.4, -0.2) is 10.8 Å². The number of amidine groups is 1. The maximum Gasteiger partial charge on any atom is 0.179 e. The van der Waals surface area contributed by atoms with Crippen LogP contribution in [0.3, 0.4) is 0 Å². The molecule has 0 atom stereocenters. The Kier molecular flexibility index (Phi) is 7.41. The predicted molar refractivity (Wildman–Crippen MR) is 94.7 cm³/mol. The van der Waals surface area contributed by atoms with Gasteiger partial charge in [-0.3, -0.25) is 0 Å². The first-order valence-electron chi connectivity index (χ1n) is 5.93. The lowest BCUT2D eigenvalue weighted by molar-refractivity contribution is 1.01. The van der Waals surface area contributed by atoms with Crippen LogP contribution in [0, 0.1) is 0 Å². The van der Waals surface area contributed by atoms with E-state index in [2.05, 4.69) is 31.4 Å². The third kappa shape index (κ3) is 4.31. The monoisotopic (exact) mass is 409 g/mol. The van der Waals surface area contributed by atoms with Crippen LogP contribution in [0.25, 0.3) is 11.3 Å². The molecule has 0 saturated carbocycles. The molecule has 114 valence electrons. The summed E-state index contributed by atoms with van der Waals surface area (Å²) in [6.07, 6.45) is 0. The van der Waals surface area contributed by atoms with Crippen LogP contribution in [0.2, 0.25) is 10.0 Å². The van der Waals surface area contributed by atoms with Gasteiger partial charge in [0.1, 0.15) is 4.88 Å². The van der Waals surface area contributed by atoms with E-state index in [-0.39, 0.29) is 0 Å². The molecule has 1 aromatic carbocycles. The van der Waals surface area contributed by atoms with Crippen molar-refractivity contribution in [3.63, 3.8) is 0 Å². The van der Waals surface area contributed by atoms with Crippen LogP contribution in [0.15, 0.2) is 27.2 Å². The molecular formula is C12H14BrCl2N5S. The van der Waals surface area contributed by atoms with Gasteiger partial charge < -0.3 is 11.3 Å². The summed E-state index contributed by atoms with van der Waals surface area (Å²) in [6, 6.07) is 5.23. The van der Waals surface area contributed by atoms with Gasteiger partial charge in [-0.25, -0.2) is 10.8 Å². The number of thiazole rings is 1. The summed E-state index contributed by atoms with van der Waals surface area (Å²) in [7, 11) is 0. The Hall–Kier alpha value is -0.860. The highest BCUT2D eigenvalue weighted by Gasteiger charge is 2.17. The fraction of sp³-hybridized carbons (Fsp3) is 0.167. The zero-order valence-electron chi connectivity index (χ0n) is 11.3. The molecule has 9 heteroatoms. The first-order chi connectivity index (χ1) is 10.1. The van der Waals surface area contributed by atoms with Crippen molar-refractivity contribution in [2.75, 3.05) is 0 Å². The number of nitrogens with two attached hydrogens (primary N) is 2. The topological polar surface area (TPSA) is 89.3 Å². The number of nitrogens with zero attached hydrogens (tertiary/aromatic N) is 2. The molecule has 0 aliphatic heterocycles. The molecule has 0 spiro atoms. The minimum absolute atomic E-state index is 0.337. The van der Waals surface area contributed by atoms with E-state index in [1.165, 1.54) is 11.3 Å². The van der Waals surface area contributed by atoms with Gasteiger partial charge in [-0.15, -0.1) is 11.3 Å². The fourth-order valence-electron chi connectivity index (χ4n) is 1.46. The maximum absolute atomic E-state index is 6.01. The van der Waals surface area contributed by atoms with Crippen LogP contribution in [0.5, 0.6) is 0 Å². The number of rotatable bonds is 2. The maximum atomic E-state index is 6.01. The predicted octanol–water partition coefficient (Wildman–Crippen LogP) is 3.99. The van der Waals surface area contributed by atoms with Gasteiger partial charge in [0, 0.05) is 5.56 Å². The number of halogens is 3. The largest absolute Gasteiger partial charge is 0.321 e. The van der Waals surface area contributed by atoms with E-state index in [1.807, 2.05) is 19.9 Å². The molecular weight excluding hydrogens is 397 g/mol. The molecule has 0 amide bonds. The fourth-order valence-corrected chi connectivity index (χ4v) is 3.19. The van der Waals surface area contributed by atoms with E-state index in [4.69, 9.17) is 34.9 Å². The summed E-state index contributed by atoms with van der Waals surface area (Å²) in [5, 5.41) is 4.51. The zero-order valence-corrected chi connectivity index (χ0v) is 15.2. The first-order valence-corrected chi connectivity index (χ1v) is 8.30. The minimum atomic E-state index is 0.337. The molecule has 0 unspecified atom stereocenters. The molecule has 0 aliphatic rings. The average molecular weight is 411 g/mol. The van der Waals surface area contributed by atoms with Crippen LogP contribution in [0.1, 0.15) is 18.7 Å². The lowest BCUT2D eigenvalue weighted by Crippen LogP contribution is -2.31. The summed E-state index contributed by atoms with van der Waals surface area (Å²) in [4.78, 5) is 5.07. The van der Waals surface area contributed by atoms with Gasteiger partial charge in [-0.2, -0.15) is 5.10 Å². The van der Waals surface area contributed by atoms with Crippen LogP contribution < -0.4 is 17.1 Å². The van der Waals surface area contributed by atoms with Crippen molar-refractivity contribution in [1.82, 2.24) is 10.4 Å². The highest BCUT2D eigenvalue weighted by atomic mass is 79.9. The summed E-state index contributed by atoms with van der Waals surface area (Å²) in [5.41, 5.74) is 3.89. The van der Waals surface area contributed by atoms with Gasteiger partial charge in [0.05, 0.1) is 15.7 Å². The Morgan fingerprint density at radius 1 is 1.33 bits per heavy atom. The Labute approximate surface area is 145 Å². The Morgan fingerprint density at radius 2 is 2.00 bits per heavy atom. The summed E-state index contributed by atoms with van der Waals surface area (Å²) in [5.74, 6) is 11.0. The lowest BCUT2D eigenvalue weighted by atomic mass is 10.1. The molecule has 21 heavy (non-hydrogen) atoms.